The summed E-state index contributed by atoms with van der Waals surface area (Å²) in [6.07, 6.45) is 0. The fraction of sp³-hybridized carbons (Fsp3) is 0.286. The van der Waals surface area contributed by atoms with Crippen molar-refractivity contribution in [1.29, 1.82) is 0 Å². The maximum atomic E-state index is 13.8. The number of sulfonamides is 1. The van der Waals surface area contributed by atoms with Crippen LogP contribution in [0.1, 0.15) is 25.0 Å². The van der Waals surface area contributed by atoms with Gasteiger partial charge in [-0.1, -0.05) is 29.8 Å². The van der Waals surface area contributed by atoms with E-state index in [1.54, 1.807) is 62.4 Å². The molecule has 2 amide bonds. The Balaban J connectivity index is 2.02. The van der Waals surface area contributed by atoms with Crippen LogP contribution in [-0.2, 0) is 26.2 Å². The van der Waals surface area contributed by atoms with Gasteiger partial charge in [-0.05, 0) is 74.9 Å². The number of methoxy groups -OCH3 is 1. The largest absolute Gasteiger partial charge is 0.497 e. The number of rotatable bonds is 11. The fourth-order valence-corrected chi connectivity index (χ4v) is 5.26. The van der Waals surface area contributed by atoms with Crippen molar-refractivity contribution in [3.63, 3.8) is 0 Å². The minimum absolute atomic E-state index is 0.0483. The topological polar surface area (TPSA) is 96.0 Å². The van der Waals surface area contributed by atoms with E-state index in [4.69, 9.17) is 4.74 Å². The highest BCUT2D eigenvalue weighted by Gasteiger charge is 2.32. The van der Waals surface area contributed by atoms with Crippen LogP contribution in [0, 0.1) is 12.7 Å². The highest BCUT2D eigenvalue weighted by molar-refractivity contribution is 7.92. The van der Waals surface area contributed by atoms with Gasteiger partial charge in [-0.2, -0.15) is 0 Å². The molecule has 0 aromatic heterocycles. The summed E-state index contributed by atoms with van der Waals surface area (Å²) in [5.41, 5.74) is 1.88. The first-order chi connectivity index (χ1) is 18.1. The normalized spacial score (nSPS) is 11.9. The molecule has 3 rings (SSSR count). The fourth-order valence-electron chi connectivity index (χ4n) is 3.85. The van der Waals surface area contributed by atoms with Gasteiger partial charge in [0.15, 0.2) is 0 Å². The number of carbonyl (C=O) groups excluding carboxylic acids is 2. The van der Waals surface area contributed by atoms with Gasteiger partial charge in [-0.3, -0.25) is 13.9 Å². The first-order valence-electron chi connectivity index (χ1n) is 12.1. The average molecular weight is 542 g/mol. The van der Waals surface area contributed by atoms with E-state index in [0.29, 0.717) is 17.9 Å². The average Bonchev–Trinajstić information content (AvgIpc) is 2.91. The lowest BCUT2D eigenvalue weighted by Crippen LogP contribution is -2.51. The zero-order valence-electron chi connectivity index (χ0n) is 21.8. The molecule has 0 bridgehead atoms. The third kappa shape index (κ3) is 6.89. The molecule has 1 atom stereocenters. The number of hydrogen-bond donors (Lipinski definition) is 1. The summed E-state index contributed by atoms with van der Waals surface area (Å²) in [4.78, 5) is 27.7. The molecule has 0 aliphatic carbocycles. The van der Waals surface area contributed by atoms with Gasteiger partial charge < -0.3 is 15.0 Å². The maximum Gasteiger partial charge on any atom is 0.264 e. The predicted octanol–water partition coefficient (Wildman–Crippen LogP) is 3.89. The summed E-state index contributed by atoms with van der Waals surface area (Å²) in [5.74, 6) is -0.951. The summed E-state index contributed by atoms with van der Waals surface area (Å²) in [5, 5.41) is 2.72. The predicted molar refractivity (Wildman–Crippen MR) is 144 cm³/mol. The van der Waals surface area contributed by atoms with Crippen molar-refractivity contribution in [3.8, 4) is 5.75 Å². The lowest BCUT2D eigenvalue weighted by atomic mass is 10.1. The van der Waals surface area contributed by atoms with Gasteiger partial charge in [0.05, 0.1) is 17.7 Å². The Morgan fingerprint density at radius 3 is 2.29 bits per heavy atom. The lowest BCUT2D eigenvalue weighted by Gasteiger charge is -2.32. The number of hydrogen-bond acceptors (Lipinski definition) is 5. The van der Waals surface area contributed by atoms with Gasteiger partial charge in [-0.15, -0.1) is 0 Å². The Hall–Kier alpha value is -3.92. The second-order valence-electron chi connectivity index (χ2n) is 8.74. The van der Waals surface area contributed by atoms with E-state index in [2.05, 4.69) is 5.32 Å². The summed E-state index contributed by atoms with van der Waals surface area (Å²) in [7, 11) is -2.73. The van der Waals surface area contributed by atoms with Crippen molar-refractivity contribution in [2.45, 2.75) is 38.3 Å². The van der Waals surface area contributed by atoms with Crippen LogP contribution in [0.5, 0.6) is 5.75 Å². The highest BCUT2D eigenvalue weighted by Crippen LogP contribution is 2.25. The molecule has 0 saturated heterocycles. The number of halogens is 1. The Kier molecular flexibility index (Phi) is 9.46. The third-order valence-electron chi connectivity index (χ3n) is 6.01. The first-order valence-corrected chi connectivity index (χ1v) is 13.6. The first kappa shape index (κ1) is 28.6. The van der Waals surface area contributed by atoms with Crippen molar-refractivity contribution in [2.75, 3.05) is 24.5 Å². The molecule has 3 aromatic carbocycles. The number of anilines is 1. The molecule has 0 fully saturated rings. The van der Waals surface area contributed by atoms with Gasteiger partial charge >= 0.3 is 0 Å². The van der Waals surface area contributed by atoms with Crippen molar-refractivity contribution < 1.29 is 27.1 Å². The molecule has 10 heteroatoms. The number of amides is 2. The molecule has 0 spiro atoms. The smallest absolute Gasteiger partial charge is 0.264 e. The molecule has 0 radical (unpaired) electrons. The summed E-state index contributed by atoms with van der Waals surface area (Å²) in [6, 6.07) is 17.3. The number of ether oxygens (including phenoxy) is 1. The van der Waals surface area contributed by atoms with Gasteiger partial charge in [0, 0.05) is 13.1 Å². The molecule has 0 aliphatic heterocycles. The second-order valence-corrected chi connectivity index (χ2v) is 10.6. The van der Waals surface area contributed by atoms with Gasteiger partial charge in [0.25, 0.3) is 10.0 Å². The summed E-state index contributed by atoms with van der Waals surface area (Å²) in [6.45, 7) is 5.07. The molecule has 202 valence electrons. The second kappa shape index (κ2) is 12.6. The van der Waals surface area contributed by atoms with Gasteiger partial charge in [0.2, 0.25) is 11.8 Å². The van der Waals surface area contributed by atoms with Gasteiger partial charge in [-0.25, -0.2) is 12.8 Å². The van der Waals surface area contributed by atoms with Crippen molar-refractivity contribution in [2.24, 2.45) is 0 Å². The van der Waals surface area contributed by atoms with E-state index in [-0.39, 0.29) is 23.0 Å². The number of aryl methyl sites for hydroxylation is 1. The number of nitrogens with one attached hydrogen (secondary N) is 1. The van der Waals surface area contributed by atoms with E-state index in [9.17, 15) is 22.4 Å². The van der Waals surface area contributed by atoms with Crippen LogP contribution < -0.4 is 14.4 Å². The number of benzene rings is 3. The van der Waals surface area contributed by atoms with E-state index in [1.165, 1.54) is 12.0 Å². The zero-order chi connectivity index (χ0) is 27.9. The maximum absolute atomic E-state index is 13.8. The Labute approximate surface area is 223 Å². The zero-order valence-corrected chi connectivity index (χ0v) is 22.7. The van der Waals surface area contributed by atoms with Crippen LogP contribution >= 0.6 is 0 Å². The molecule has 0 heterocycles. The van der Waals surface area contributed by atoms with Gasteiger partial charge in [0.1, 0.15) is 24.2 Å². The molecular weight excluding hydrogens is 509 g/mol. The van der Waals surface area contributed by atoms with E-state index < -0.39 is 34.3 Å². The number of likely N-dealkylation sites (N-methyl/N-ethyl adjacent to an activating group) is 1. The molecule has 0 aliphatic rings. The molecule has 38 heavy (non-hydrogen) atoms. The van der Waals surface area contributed by atoms with E-state index >= 15 is 0 Å². The molecule has 3 aromatic rings. The van der Waals surface area contributed by atoms with Crippen molar-refractivity contribution in [3.05, 3.63) is 89.7 Å². The number of carbonyl (C=O) groups is 2. The molecule has 8 nitrogen and oxygen atoms in total. The molecular formula is C28H32FN3O5S. The monoisotopic (exact) mass is 541 g/mol. The lowest BCUT2D eigenvalue weighted by molar-refractivity contribution is -0.139. The Bertz CT molecular complexity index is 1360. The highest BCUT2D eigenvalue weighted by atomic mass is 32.2. The van der Waals surface area contributed by atoms with E-state index in [0.717, 1.165) is 34.1 Å². The van der Waals surface area contributed by atoms with Crippen LogP contribution in [0.2, 0.25) is 0 Å². The minimum atomic E-state index is -4.25. The quantitative estimate of drug-likeness (QED) is 0.397. The Morgan fingerprint density at radius 1 is 1.03 bits per heavy atom. The standard InChI is InChI=1S/C28H32FN3O5S/c1-5-30-28(34)21(3)31(18-22-7-6-8-25(17-22)37-4)27(33)19-32(24-13-9-20(2)10-14-24)38(35,36)26-15-11-23(29)12-16-26/h6-17,21H,5,18-19H2,1-4H3,(H,30,34)/t21-/m0/s1. The van der Waals surface area contributed by atoms with Crippen LogP contribution in [-0.4, -0.2) is 51.4 Å². The van der Waals surface area contributed by atoms with Crippen LogP contribution in [0.25, 0.3) is 0 Å². The number of nitrogens with zero attached hydrogens (tertiary/aromatic N) is 2. The molecule has 0 unspecified atom stereocenters. The van der Waals surface area contributed by atoms with Crippen LogP contribution in [0.3, 0.4) is 0 Å². The Morgan fingerprint density at radius 2 is 1.68 bits per heavy atom. The summed E-state index contributed by atoms with van der Waals surface area (Å²) < 4.78 is 47.1. The minimum Gasteiger partial charge on any atom is -0.497 e. The van der Waals surface area contributed by atoms with Crippen molar-refractivity contribution in [1.82, 2.24) is 10.2 Å². The van der Waals surface area contributed by atoms with Crippen LogP contribution in [0.15, 0.2) is 77.7 Å². The molecule has 0 saturated carbocycles. The van der Waals surface area contributed by atoms with E-state index in [1.807, 2.05) is 6.92 Å². The summed E-state index contributed by atoms with van der Waals surface area (Å²) >= 11 is 0. The van der Waals surface area contributed by atoms with Crippen LogP contribution in [0.4, 0.5) is 10.1 Å². The third-order valence-corrected chi connectivity index (χ3v) is 7.80. The molecule has 1 N–H and O–H groups in total. The SMILES string of the molecule is CCNC(=O)[C@H](C)N(Cc1cccc(OC)c1)C(=O)CN(c1ccc(C)cc1)S(=O)(=O)c1ccc(F)cc1. The van der Waals surface area contributed by atoms with Crippen molar-refractivity contribution >= 4 is 27.5 Å².